The molecule has 1 aromatic carbocycles. The topological polar surface area (TPSA) is 43.1 Å². The molecule has 0 heterocycles. The van der Waals surface area contributed by atoms with Crippen LogP contribution in [-0.2, 0) is 13.0 Å². The summed E-state index contributed by atoms with van der Waals surface area (Å²) >= 11 is 0. The van der Waals surface area contributed by atoms with E-state index in [2.05, 4.69) is 6.92 Å². The maximum absolute atomic E-state index is 8.99. The highest BCUT2D eigenvalue weighted by atomic mass is 16.3. The molecule has 66 valence electrons. The zero-order valence-electron chi connectivity index (χ0n) is 7.30. The molecule has 0 saturated carbocycles. The van der Waals surface area contributed by atoms with Crippen LogP contribution in [0.2, 0.25) is 0 Å². The average Bonchev–Trinajstić information content (AvgIpc) is 2.09. The number of rotatable bonds is 3. The second-order valence-corrected chi connectivity index (χ2v) is 2.85. The van der Waals surface area contributed by atoms with Gasteiger partial charge in [-0.2, -0.15) is 0 Å². The first kappa shape index (κ1) is 9.07. The molecule has 0 aliphatic rings. The van der Waals surface area contributed by atoms with Crippen molar-refractivity contribution in [2.24, 2.45) is 0 Å². The van der Waals surface area contributed by atoms with Crippen molar-refractivity contribution in [1.29, 1.82) is 0 Å². The summed E-state index contributed by atoms with van der Waals surface area (Å²) in [7, 11) is 0. The fraction of sp³-hybridized carbons (Fsp3) is 0.400. The van der Waals surface area contributed by atoms with E-state index >= 15 is 0 Å². The summed E-state index contributed by atoms with van der Waals surface area (Å²) in [5.74, 6) is 0.545. The summed E-state index contributed by atoms with van der Waals surface area (Å²) in [4.78, 5) is 0. The van der Waals surface area contributed by atoms with E-state index in [0.29, 0.717) is 5.75 Å². The third-order valence-corrected chi connectivity index (χ3v) is 1.94. The minimum Gasteiger partial charge on any atom is -0.593 e. The van der Waals surface area contributed by atoms with Gasteiger partial charge in [-0.15, -0.1) is 0 Å². The van der Waals surface area contributed by atoms with Crippen molar-refractivity contribution < 1.29 is 10.2 Å². The molecular weight excluding hydrogens is 152 g/mol. The Bertz CT molecular complexity index is 256. The van der Waals surface area contributed by atoms with Gasteiger partial charge in [0, 0.05) is 6.07 Å². The average molecular weight is 167 g/mol. The maximum Gasteiger partial charge on any atom is 0.257 e. The van der Waals surface area contributed by atoms with E-state index in [1.165, 1.54) is 0 Å². The van der Waals surface area contributed by atoms with E-state index in [4.69, 9.17) is 10.2 Å². The predicted octanol–water partition coefficient (Wildman–Crippen LogP) is 1.57. The van der Waals surface area contributed by atoms with Crippen molar-refractivity contribution in [2.45, 2.75) is 26.4 Å². The second kappa shape index (κ2) is 4.12. The van der Waals surface area contributed by atoms with E-state index < -0.39 is 0 Å². The van der Waals surface area contributed by atoms with Gasteiger partial charge < -0.3 is 10.2 Å². The third kappa shape index (κ3) is 1.77. The molecule has 0 aliphatic heterocycles. The molecule has 1 rings (SSSR count). The summed E-state index contributed by atoms with van der Waals surface area (Å²) in [5, 5.41) is 16.6. The van der Waals surface area contributed by atoms with Crippen LogP contribution < -0.4 is 0 Å². The van der Waals surface area contributed by atoms with E-state index in [-0.39, 0.29) is 6.61 Å². The standard InChI is InChI=1S/C10H14O2/c1-2-4-9-8(7-11)5-3-6-10(9)12/h3,5-6,11-12H,2,4,7H2,1H3/p+1. The van der Waals surface area contributed by atoms with Gasteiger partial charge in [-0.25, -0.2) is 0 Å². The Labute approximate surface area is 72.5 Å². The SMILES string of the molecule is CCCc1c([OH2+])cccc1CO. The van der Waals surface area contributed by atoms with Gasteiger partial charge in [0.25, 0.3) is 5.75 Å². The smallest absolute Gasteiger partial charge is 0.257 e. The molecule has 0 bridgehead atoms. The van der Waals surface area contributed by atoms with Gasteiger partial charge in [0.1, 0.15) is 0 Å². The van der Waals surface area contributed by atoms with Gasteiger partial charge >= 0.3 is 0 Å². The van der Waals surface area contributed by atoms with E-state index in [0.717, 1.165) is 24.0 Å². The quantitative estimate of drug-likeness (QED) is 0.682. The molecule has 12 heavy (non-hydrogen) atoms. The van der Waals surface area contributed by atoms with Crippen LogP contribution in [0, 0.1) is 0 Å². The zero-order valence-corrected chi connectivity index (χ0v) is 7.30. The van der Waals surface area contributed by atoms with Crippen molar-refractivity contribution >= 4 is 0 Å². The molecule has 0 unspecified atom stereocenters. The van der Waals surface area contributed by atoms with Crippen molar-refractivity contribution in [1.82, 2.24) is 0 Å². The molecule has 3 N–H and O–H groups in total. The Hall–Kier alpha value is -1.02. The van der Waals surface area contributed by atoms with Crippen LogP contribution >= 0.6 is 0 Å². The largest absolute Gasteiger partial charge is 0.593 e. The summed E-state index contributed by atoms with van der Waals surface area (Å²) in [6.45, 7) is 2.12. The molecule has 0 aliphatic carbocycles. The van der Waals surface area contributed by atoms with Gasteiger partial charge in [0.15, 0.2) is 0 Å². The van der Waals surface area contributed by atoms with Gasteiger partial charge in [-0.05, 0) is 12.0 Å². The second-order valence-electron chi connectivity index (χ2n) is 2.85. The molecule has 0 spiro atoms. The highest BCUT2D eigenvalue weighted by Crippen LogP contribution is 2.22. The van der Waals surface area contributed by atoms with Crippen LogP contribution in [0.4, 0.5) is 0 Å². The van der Waals surface area contributed by atoms with Crippen LogP contribution in [0.3, 0.4) is 0 Å². The summed E-state index contributed by atoms with van der Waals surface area (Å²) in [5.41, 5.74) is 1.88. The molecule has 0 radical (unpaired) electrons. The zero-order chi connectivity index (χ0) is 8.97. The van der Waals surface area contributed by atoms with Crippen LogP contribution in [0.25, 0.3) is 0 Å². The van der Waals surface area contributed by atoms with E-state index in [9.17, 15) is 0 Å². The lowest BCUT2D eigenvalue weighted by molar-refractivity contribution is 0.279. The fourth-order valence-electron chi connectivity index (χ4n) is 1.33. The first-order chi connectivity index (χ1) is 5.79. The van der Waals surface area contributed by atoms with Gasteiger partial charge in [0.2, 0.25) is 0 Å². The number of hydrogen-bond acceptors (Lipinski definition) is 1. The molecule has 0 saturated heterocycles. The highest BCUT2D eigenvalue weighted by Gasteiger charge is 2.08. The lowest BCUT2D eigenvalue weighted by Crippen LogP contribution is -1.93. The lowest BCUT2D eigenvalue weighted by atomic mass is 10.0. The molecule has 1 aromatic rings. The first-order valence-electron chi connectivity index (χ1n) is 4.22. The molecule has 0 atom stereocenters. The normalized spacial score (nSPS) is 10.2. The molecule has 0 aromatic heterocycles. The summed E-state index contributed by atoms with van der Waals surface area (Å²) in [6.07, 6.45) is 1.90. The van der Waals surface area contributed by atoms with Crippen molar-refractivity contribution in [3.63, 3.8) is 0 Å². The Morgan fingerprint density at radius 2 is 2.17 bits per heavy atom. The number of hydrogen-bond donors (Lipinski definition) is 1. The number of aliphatic hydroxyl groups is 1. The Morgan fingerprint density at radius 3 is 2.75 bits per heavy atom. The van der Waals surface area contributed by atoms with Crippen LogP contribution in [0.15, 0.2) is 18.2 Å². The Morgan fingerprint density at radius 1 is 1.42 bits per heavy atom. The molecular formula is C10H15O2+. The summed E-state index contributed by atoms with van der Waals surface area (Å²) < 4.78 is 0. The predicted molar refractivity (Wildman–Crippen MR) is 49.4 cm³/mol. The fourth-order valence-corrected chi connectivity index (χ4v) is 1.33. The first-order valence-corrected chi connectivity index (χ1v) is 4.22. The van der Waals surface area contributed by atoms with Crippen LogP contribution in [0.1, 0.15) is 24.5 Å². The molecule has 0 fully saturated rings. The molecule has 0 amide bonds. The Kier molecular flexibility index (Phi) is 3.11. The number of benzene rings is 1. The minimum absolute atomic E-state index is 0.0437. The van der Waals surface area contributed by atoms with Gasteiger partial charge in [-0.1, -0.05) is 25.5 Å². The van der Waals surface area contributed by atoms with Crippen molar-refractivity contribution in [2.75, 3.05) is 0 Å². The number of aliphatic hydroxyl groups excluding tert-OH is 1. The monoisotopic (exact) mass is 167 g/mol. The lowest BCUT2D eigenvalue weighted by Gasteiger charge is -2.04. The van der Waals surface area contributed by atoms with Gasteiger partial charge in [0.05, 0.1) is 12.2 Å². The van der Waals surface area contributed by atoms with E-state index in [1.807, 2.05) is 12.1 Å². The van der Waals surface area contributed by atoms with Crippen LogP contribution in [0.5, 0.6) is 5.75 Å². The maximum atomic E-state index is 8.99. The molecule has 2 heteroatoms. The summed E-state index contributed by atoms with van der Waals surface area (Å²) in [6, 6.07) is 5.46. The van der Waals surface area contributed by atoms with Crippen molar-refractivity contribution in [3.05, 3.63) is 29.3 Å². The Balaban J connectivity index is 3.02. The van der Waals surface area contributed by atoms with E-state index in [1.54, 1.807) is 6.07 Å². The highest BCUT2D eigenvalue weighted by molar-refractivity contribution is 5.38. The van der Waals surface area contributed by atoms with Crippen molar-refractivity contribution in [3.8, 4) is 5.75 Å². The van der Waals surface area contributed by atoms with Crippen LogP contribution in [-0.4, -0.2) is 10.2 Å². The minimum atomic E-state index is 0.0437. The van der Waals surface area contributed by atoms with Gasteiger partial charge in [-0.3, -0.25) is 0 Å². The third-order valence-electron chi connectivity index (χ3n) is 1.94. The molecule has 2 nitrogen and oxygen atoms in total.